The molecule has 1 fully saturated rings. The second-order valence-electron chi connectivity index (χ2n) is 4.21. The smallest absolute Gasteiger partial charge is 0.149 e. The first-order chi connectivity index (χ1) is 9.38. The SMILES string of the molecule is COc1cccc(OCC#CCN2CCOCC2)c1. The van der Waals surface area contributed by atoms with Crippen molar-refractivity contribution in [3.63, 3.8) is 0 Å². The highest BCUT2D eigenvalue weighted by Crippen LogP contribution is 2.18. The van der Waals surface area contributed by atoms with E-state index in [4.69, 9.17) is 14.2 Å². The first kappa shape index (κ1) is 13.7. The molecule has 1 aromatic rings. The Bertz CT molecular complexity index is 444. The van der Waals surface area contributed by atoms with E-state index in [0.29, 0.717) is 6.61 Å². The van der Waals surface area contributed by atoms with Crippen molar-refractivity contribution < 1.29 is 14.2 Å². The van der Waals surface area contributed by atoms with Gasteiger partial charge in [-0.25, -0.2) is 0 Å². The van der Waals surface area contributed by atoms with Gasteiger partial charge in [0.15, 0.2) is 0 Å². The number of ether oxygens (including phenoxy) is 3. The van der Waals surface area contributed by atoms with Gasteiger partial charge in [-0.05, 0) is 12.1 Å². The molecule has 0 atom stereocenters. The number of benzene rings is 1. The average molecular weight is 261 g/mol. The van der Waals surface area contributed by atoms with Crippen LogP contribution in [0.2, 0.25) is 0 Å². The molecule has 4 nitrogen and oxygen atoms in total. The zero-order valence-corrected chi connectivity index (χ0v) is 11.2. The fourth-order valence-electron chi connectivity index (χ4n) is 1.79. The summed E-state index contributed by atoms with van der Waals surface area (Å²) in [5.74, 6) is 7.71. The van der Waals surface area contributed by atoms with Crippen molar-refractivity contribution in [1.29, 1.82) is 0 Å². The second kappa shape index (κ2) is 7.67. The lowest BCUT2D eigenvalue weighted by Crippen LogP contribution is -2.36. The number of rotatable bonds is 4. The van der Waals surface area contributed by atoms with Gasteiger partial charge in [-0.15, -0.1) is 0 Å². The zero-order valence-electron chi connectivity index (χ0n) is 11.2. The molecular weight excluding hydrogens is 242 g/mol. The molecule has 1 heterocycles. The lowest BCUT2D eigenvalue weighted by atomic mass is 10.3. The highest BCUT2D eigenvalue weighted by Gasteiger charge is 2.07. The normalized spacial score (nSPS) is 15.4. The van der Waals surface area contributed by atoms with Gasteiger partial charge in [-0.2, -0.15) is 0 Å². The van der Waals surface area contributed by atoms with Crippen LogP contribution in [0.25, 0.3) is 0 Å². The van der Waals surface area contributed by atoms with E-state index in [1.807, 2.05) is 24.3 Å². The average Bonchev–Trinajstić information content (AvgIpc) is 2.48. The fourth-order valence-corrected chi connectivity index (χ4v) is 1.79. The Balaban J connectivity index is 1.70. The third kappa shape index (κ3) is 4.82. The van der Waals surface area contributed by atoms with Crippen molar-refractivity contribution >= 4 is 0 Å². The highest BCUT2D eigenvalue weighted by atomic mass is 16.5. The summed E-state index contributed by atoms with van der Waals surface area (Å²) in [6.07, 6.45) is 0. The van der Waals surface area contributed by atoms with Gasteiger partial charge in [-0.3, -0.25) is 4.90 Å². The number of hydrogen-bond donors (Lipinski definition) is 0. The Morgan fingerprint density at radius 3 is 2.79 bits per heavy atom. The summed E-state index contributed by atoms with van der Waals surface area (Å²) in [4.78, 5) is 2.28. The molecule has 0 amide bonds. The molecule has 0 saturated carbocycles. The summed E-state index contributed by atoms with van der Waals surface area (Å²) in [5.41, 5.74) is 0. The molecule has 4 heteroatoms. The Hall–Kier alpha value is -1.70. The van der Waals surface area contributed by atoms with E-state index in [2.05, 4.69) is 16.7 Å². The Morgan fingerprint density at radius 2 is 2.00 bits per heavy atom. The van der Waals surface area contributed by atoms with Gasteiger partial charge in [0.1, 0.15) is 18.1 Å². The summed E-state index contributed by atoms with van der Waals surface area (Å²) < 4.78 is 15.9. The van der Waals surface area contributed by atoms with E-state index < -0.39 is 0 Å². The predicted molar refractivity (Wildman–Crippen MR) is 73.5 cm³/mol. The third-order valence-corrected chi connectivity index (χ3v) is 2.88. The van der Waals surface area contributed by atoms with Crippen LogP contribution in [0.15, 0.2) is 24.3 Å². The molecule has 0 aromatic heterocycles. The minimum Gasteiger partial charge on any atom is -0.497 e. The Morgan fingerprint density at radius 1 is 1.21 bits per heavy atom. The molecule has 2 rings (SSSR count). The van der Waals surface area contributed by atoms with E-state index >= 15 is 0 Å². The van der Waals surface area contributed by atoms with Crippen LogP contribution >= 0.6 is 0 Å². The zero-order chi connectivity index (χ0) is 13.3. The summed E-state index contributed by atoms with van der Waals surface area (Å²) in [7, 11) is 1.64. The molecule has 1 aliphatic rings. The molecule has 1 aromatic carbocycles. The molecule has 1 saturated heterocycles. The summed E-state index contributed by atoms with van der Waals surface area (Å²) in [6.45, 7) is 4.73. The van der Waals surface area contributed by atoms with Crippen LogP contribution in [0.3, 0.4) is 0 Å². The van der Waals surface area contributed by atoms with Crippen molar-refractivity contribution in [2.45, 2.75) is 0 Å². The molecule has 0 unspecified atom stereocenters. The first-order valence-electron chi connectivity index (χ1n) is 6.41. The van der Waals surface area contributed by atoms with E-state index in [1.54, 1.807) is 7.11 Å². The summed E-state index contributed by atoms with van der Waals surface area (Å²) in [5, 5.41) is 0. The van der Waals surface area contributed by atoms with Crippen LogP contribution in [0.4, 0.5) is 0 Å². The van der Waals surface area contributed by atoms with E-state index in [-0.39, 0.29) is 0 Å². The molecule has 0 bridgehead atoms. The van der Waals surface area contributed by atoms with Crippen LogP contribution in [0.1, 0.15) is 0 Å². The number of hydrogen-bond acceptors (Lipinski definition) is 4. The highest BCUT2D eigenvalue weighted by molar-refractivity contribution is 5.33. The summed E-state index contributed by atoms with van der Waals surface area (Å²) >= 11 is 0. The van der Waals surface area contributed by atoms with Gasteiger partial charge >= 0.3 is 0 Å². The van der Waals surface area contributed by atoms with Crippen LogP contribution in [0, 0.1) is 11.8 Å². The molecular formula is C15H19NO3. The second-order valence-corrected chi connectivity index (χ2v) is 4.21. The third-order valence-electron chi connectivity index (χ3n) is 2.88. The molecule has 0 N–H and O–H groups in total. The molecule has 1 aliphatic heterocycles. The van der Waals surface area contributed by atoms with E-state index in [9.17, 15) is 0 Å². The number of nitrogens with zero attached hydrogens (tertiary/aromatic N) is 1. The van der Waals surface area contributed by atoms with Crippen molar-refractivity contribution in [1.82, 2.24) is 4.90 Å². The molecule has 0 radical (unpaired) electrons. The van der Waals surface area contributed by atoms with Gasteiger partial charge in [0, 0.05) is 19.2 Å². The Labute approximate surface area is 114 Å². The van der Waals surface area contributed by atoms with Gasteiger partial charge < -0.3 is 14.2 Å². The Kier molecular flexibility index (Phi) is 5.54. The minimum atomic E-state index is 0.400. The predicted octanol–water partition coefficient (Wildman–Crippen LogP) is 1.41. The van der Waals surface area contributed by atoms with Crippen molar-refractivity contribution in [2.75, 3.05) is 46.6 Å². The van der Waals surface area contributed by atoms with E-state index in [1.165, 1.54) is 0 Å². The monoisotopic (exact) mass is 261 g/mol. The first-order valence-corrected chi connectivity index (χ1v) is 6.41. The number of methoxy groups -OCH3 is 1. The standard InChI is InChI=1S/C15H19NO3/c1-17-14-5-4-6-15(13-14)19-10-3-2-7-16-8-11-18-12-9-16/h4-6,13H,7-12H2,1H3. The summed E-state index contributed by atoms with van der Waals surface area (Å²) in [6, 6.07) is 7.53. The lowest BCUT2D eigenvalue weighted by molar-refractivity contribution is 0.0443. The van der Waals surface area contributed by atoms with Crippen molar-refractivity contribution in [3.05, 3.63) is 24.3 Å². The number of morpholine rings is 1. The van der Waals surface area contributed by atoms with E-state index in [0.717, 1.165) is 44.3 Å². The molecule has 102 valence electrons. The maximum atomic E-state index is 5.54. The van der Waals surface area contributed by atoms with Gasteiger partial charge in [0.05, 0.1) is 26.9 Å². The minimum absolute atomic E-state index is 0.400. The topological polar surface area (TPSA) is 30.9 Å². The van der Waals surface area contributed by atoms with Crippen LogP contribution in [-0.4, -0.2) is 51.5 Å². The largest absolute Gasteiger partial charge is 0.497 e. The van der Waals surface area contributed by atoms with Gasteiger partial charge in [0.2, 0.25) is 0 Å². The lowest BCUT2D eigenvalue weighted by Gasteiger charge is -2.24. The van der Waals surface area contributed by atoms with Crippen LogP contribution in [0.5, 0.6) is 11.5 Å². The fraction of sp³-hybridized carbons (Fsp3) is 0.467. The van der Waals surface area contributed by atoms with Gasteiger partial charge in [0.25, 0.3) is 0 Å². The van der Waals surface area contributed by atoms with Gasteiger partial charge in [-0.1, -0.05) is 17.9 Å². The molecule has 0 aliphatic carbocycles. The maximum Gasteiger partial charge on any atom is 0.149 e. The van der Waals surface area contributed by atoms with Crippen molar-refractivity contribution in [2.24, 2.45) is 0 Å². The molecule has 0 spiro atoms. The quantitative estimate of drug-likeness (QED) is 0.767. The van der Waals surface area contributed by atoms with Crippen molar-refractivity contribution in [3.8, 4) is 23.3 Å². The van der Waals surface area contributed by atoms with Crippen LogP contribution < -0.4 is 9.47 Å². The van der Waals surface area contributed by atoms with Crippen LogP contribution in [-0.2, 0) is 4.74 Å². The molecule has 19 heavy (non-hydrogen) atoms. The maximum absolute atomic E-state index is 5.54.